The maximum Gasteiger partial charge on any atom is 0.255 e. The molecule has 2 aromatic rings. The normalized spacial score (nSPS) is 16.6. The fourth-order valence-electron chi connectivity index (χ4n) is 2.97. The monoisotopic (exact) mass is 329 g/mol. The summed E-state index contributed by atoms with van der Waals surface area (Å²) in [6, 6.07) is 5.38. The number of carbonyl (C=O) groups excluding carboxylic acids is 1. The maximum atomic E-state index is 12.7. The van der Waals surface area contributed by atoms with Gasteiger partial charge < -0.3 is 14.8 Å². The predicted molar refractivity (Wildman–Crippen MR) is 90.6 cm³/mol. The molecule has 1 heterocycles. The quantitative estimate of drug-likeness (QED) is 0.883. The zero-order chi connectivity index (χ0) is 17.1. The number of nitrogens with zero attached hydrogens (tertiary/aromatic N) is 1. The summed E-state index contributed by atoms with van der Waals surface area (Å²) in [6.45, 7) is 3.87. The van der Waals surface area contributed by atoms with Crippen molar-refractivity contribution < 1.29 is 14.3 Å². The van der Waals surface area contributed by atoms with Crippen LogP contribution >= 0.6 is 0 Å². The van der Waals surface area contributed by atoms with Crippen molar-refractivity contribution in [2.24, 2.45) is 0 Å². The third kappa shape index (κ3) is 3.53. The van der Waals surface area contributed by atoms with E-state index in [-0.39, 0.29) is 18.1 Å². The molecule has 1 aromatic carbocycles. The van der Waals surface area contributed by atoms with Crippen LogP contribution in [-0.4, -0.2) is 35.4 Å². The van der Waals surface area contributed by atoms with Crippen LogP contribution in [0.4, 0.5) is 0 Å². The van der Waals surface area contributed by atoms with Crippen molar-refractivity contribution in [3.63, 3.8) is 0 Å². The number of hydrogen-bond donors (Lipinski definition) is 2. The number of rotatable bonds is 5. The summed E-state index contributed by atoms with van der Waals surface area (Å²) in [4.78, 5) is 12.7. The Kier molecular flexibility index (Phi) is 4.74. The van der Waals surface area contributed by atoms with Crippen LogP contribution in [0.5, 0.6) is 11.5 Å². The van der Waals surface area contributed by atoms with Crippen molar-refractivity contribution in [2.75, 3.05) is 7.11 Å². The van der Waals surface area contributed by atoms with Gasteiger partial charge in [0.2, 0.25) is 0 Å². The summed E-state index contributed by atoms with van der Waals surface area (Å²) in [7, 11) is 1.60. The molecule has 0 fully saturated rings. The van der Waals surface area contributed by atoms with E-state index in [2.05, 4.69) is 15.5 Å². The Morgan fingerprint density at radius 1 is 1.42 bits per heavy atom. The molecule has 1 aromatic heterocycles. The smallest absolute Gasteiger partial charge is 0.255 e. The van der Waals surface area contributed by atoms with Gasteiger partial charge in [0.05, 0.1) is 25.0 Å². The summed E-state index contributed by atoms with van der Waals surface area (Å²) in [6.07, 6.45) is 4.42. The van der Waals surface area contributed by atoms with Crippen LogP contribution in [0.2, 0.25) is 0 Å². The molecule has 1 amide bonds. The van der Waals surface area contributed by atoms with Crippen LogP contribution in [0.15, 0.2) is 24.4 Å². The molecular formula is C18H23N3O3. The van der Waals surface area contributed by atoms with Gasteiger partial charge in [-0.3, -0.25) is 9.89 Å². The van der Waals surface area contributed by atoms with Crippen molar-refractivity contribution >= 4 is 5.91 Å². The lowest BCUT2D eigenvalue weighted by Crippen LogP contribution is -2.38. The molecule has 6 heteroatoms. The van der Waals surface area contributed by atoms with Crippen molar-refractivity contribution in [1.82, 2.24) is 15.5 Å². The van der Waals surface area contributed by atoms with Gasteiger partial charge in [0.1, 0.15) is 11.5 Å². The molecule has 24 heavy (non-hydrogen) atoms. The third-order valence-corrected chi connectivity index (χ3v) is 4.15. The van der Waals surface area contributed by atoms with Crippen molar-refractivity contribution in [3.05, 3.63) is 41.2 Å². The Bertz CT molecular complexity index is 724. The van der Waals surface area contributed by atoms with Crippen molar-refractivity contribution in [1.29, 1.82) is 0 Å². The molecule has 128 valence electrons. The Hall–Kier alpha value is -2.50. The number of ether oxygens (including phenoxy) is 2. The molecular weight excluding hydrogens is 306 g/mol. The van der Waals surface area contributed by atoms with Gasteiger partial charge in [-0.2, -0.15) is 5.10 Å². The van der Waals surface area contributed by atoms with Crippen LogP contribution in [0.25, 0.3) is 0 Å². The predicted octanol–water partition coefficient (Wildman–Crippen LogP) is 2.49. The highest BCUT2D eigenvalue weighted by Gasteiger charge is 2.23. The van der Waals surface area contributed by atoms with Crippen molar-refractivity contribution in [2.45, 2.75) is 45.3 Å². The molecule has 3 rings (SSSR count). The van der Waals surface area contributed by atoms with Gasteiger partial charge in [-0.1, -0.05) is 0 Å². The van der Waals surface area contributed by atoms with Crippen LogP contribution in [0.3, 0.4) is 0 Å². The minimum absolute atomic E-state index is 0.0215. The number of methoxy groups -OCH3 is 1. The lowest BCUT2D eigenvalue weighted by atomic mass is 9.93. The van der Waals surface area contributed by atoms with Crippen LogP contribution in [0.1, 0.15) is 41.9 Å². The first kappa shape index (κ1) is 16.4. The Morgan fingerprint density at radius 3 is 3.00 bits per heavy atom. The van der Waals surface area contributed by atoms with Gasteiger partial charge in [0, 0.05) is 17.8 Å². The highest BCUT2D eigenvalue weighted by Crippen LogP contribution is 2.27. The zero-order valence-electron chi connectivity index (χ0n) is 14.3. The van der Waals surface area contributed by atoms with E-state index < -0.39 is 0 Å². The Labute approximate surface area is 141 Å². The first-order valence-corrected chi connectivity index (χ1v) is 8.23. The number of nitrogens with one attached hydrogen (secondary N) is 2. The summed E-state index contributed by atoms with van der Waals surface area (Å²) in [5.41, 5.74) is 2.89. The highest BCUT2D eigenvalue weighted by molar-refractivity contribution is 5.97. The summed E-state index contributed by atoms with van der Waals surface area (Å²) in [5.74, 6) is 1.09. The molecule has 1 aliphatic carbocycles. The van der Waals surface area contributed by atoms with E-state index in [0.717, 1.165) is 19.3 Å². The van der Waals surface area contributed by atoms with Gasteiger partial charge in [-0.05, 0) is 50.8 Å². The molecule has 0 aliphatic heterocycles. The van der Waals surface area contributed by atoms with Gasteiger partial charge >= 0.3 is 0 Å². The molecule has 0 radical (unpaired) electrons. The summed E-state index contributed by atoms with van der Waals surface area (Å²) >= 11 is 0. The maximum absolute atomic E-state index is 12.7. The minimum Gasteiger partial charge on any atom is -0.497 e. The van der Waals surface area contributed by atoms with Crippen LogP contribution in [-0.2, 0) is 12.8 Å². The number of aromatic nitrogens is 2. The van der Waals surface area contributed by atoms with Gasteiger partial charge in [0.15, 0.2) is 0 Å². The molecule has 0 saturated heterocycles. The van der Waals surface area contributed by atoms with E-state index in [1.807, 2.05) is 20.0 Å². The summed E-state index contributed by atoms with van der Waals surface area (Å²) < 4.78 is 11.0. The second-order valence-corrected chi connectivity index (χ2v) is 6.32. The number of aromatic amines is 1. The average molecular weight is 329 g/mol. The zero-order valence-corrected chi connectivity index (χ0v) is 14.3. The Balaban J connectivity index is 1.75. The first-order valence-electron chi connectivity index (χ1n) is 8.23. The van der Waals surface area contributed by atoms with E-state index in [0.29, 0.717) is 17.1 Å². The fraction of sp³-hybridized carbons (Fsp3) is 0.444. The molecule has 0 bridgehead atoms. The minimum atomic E-state index is -0.120. The highest BCUT2D eigenvalue weighted by atomic mass is 16.5. The Morgan fingerprint density at radius 2 is 2.25 bits per heavy atom. The average Bonchev–Trinajstić information content (AvgIpc) is 3.01. The molecule has 1 unspecified atom stereocenters. The van der Waals surface area contributed by atoms with E-state index in [4.69, 9.17) is 9.47 Å². The molecule has 6 nitrogen and oxygen atoms in total. The lowest BCUT2D eigenvalue weighted by molar-refractivity contribution is 0.0927. The molecule has 2 N–H and O–H groups in total. The number of aryl methyl sites for hydroxylation is 1. The largest absolute Gasteiger partial charge is 0.497 e. The lowest BCUT2D eigenvalue weighted by Gasteiger charge is -2.23. The second kappa shape index (κ2) is 6.95. The topological polar surface area (TPSA) is 76.2 Å². The van der Waals surface area contributed by atoms with Gasteiger partial charge in [-0.15, -0.1) is 0 Å². The number of carbonyl (C=O) groups is 1. The van der Waals surface area contributed by atoms with Gasteiger partial charge in [-0.25, -0.2) is 0 Å². The third-order valence-electron chi connectivity index (χ3n) is 4.15. The second-order valence-electron chi connectivity index (χ2n) is 6.32. The number of H-pyrrole nitrogens is 1. The van der Waals surface area contributed by atoms with Crippen LogP contribution < -0.4 is 14.8 Å². The molecule has 0 spiro atoms. The fourth-order valence-corrected chi connectivity index (χ4v) is 2.97. The standard InChI is InChI=1S/C18H23N3O3/c1-11(2)24-17-9-14(23-3)5-6-15(17)18(22)20-13-4-7-16-12(8-13)10-19-21-16/h5-6,9-11,13H,4,7-8H2,1-3H3,(H,19,21)(H,20,22). The van der Waals surface area contributed by atoms with Gasteiger partial charge in [0.25, 0.3) is 5.91 Å². The van der Waals surface area contributed by atoms with E-state index in [9.17, 15) is 4.79 Å². The number of hydrogen-bond acceptors (Lipinski definition) is 4. The van der Waals surface area contributed by atoms with Crippen molar-refractivity contribution in [3.8, 4) is 11.5 Å². The molecule has 1 aliphatic rings. The number of amides is 1. The number of fused-ring (bicyclic) bond motifs is 1. The first-order chi connectivity index (χ1) is 11.6. The van der Waals surface area contributed by atoms with E-state index in [1.54, 1.807) is 25.3 Å². The van der Waals surface area contributed by atoms with E-state index >= 15 is 0 Å². The summed E-state index contributed by atoms with van der Waals surface area (Å²) in [5, 5.41) is 10.2. The SMILES string of the molecule is COc1ccc(C(=O)NC2CCc3[nH]ncc3C2)c(OC(C)C)c1. The van der Waals surface area contributed by atoms with E-state index in [1.165, 1.54) is 11.3 Å². The molecule has 1 atom stereocenters. The molecule has 0 saturated carbocycles. The number of benzene rings is 1. The van der Waals surface area contributed by atoms with Crippen LogP contribution in [0, 0.1) is 0 Å².